The first-order valence-electron chi connectivity index (χ1n) is 9.29. The number of aliphatic hydroxyl groups is 1. The monoisotopic (exact) mass is 344 g/mol. The van der Waals surface area contributed by atoms with Crippen LogP contribution in [0, 0.1) is 5.41 Å². The van der Waals surface area contributed by atoms with Crippen LogP contribution in [-0.2, 0) is 12.6 Å². The van der Waals surface area contributed by atoms with Crippen LogP contribution in [0.3, 0.4) is 0 Å². The molecule has 3 heterocycles. The lowest BCUT2D eigenvalue weighted by atomic mass is 9.69. The molecular weight excluding hydrogens is 316 g/mol. The molecule has 0 amide bonds. The minimum atomic E-state index is -0.873. The summed E-state index contributed by atoms with van der Waals surface area (Å²) in [5, 5.41) is 20.1. The molecule has 1 aliphatic carbocycles. The number of hydrogen-bond acceptors (Lipinski definition) is 5. The Kier molecular flexibility index (Phi) is 3.90. The van der Waals surface area contributed by atoms with E-state index in [4.69, 9.17) is 4.42 Å². The lowest BCUT2D eigenvalue weighted by Gasteiger charge is -2.40. The van der Waals surface area contributed by atoms with E-state index in [-0.39, 0.29) is 5.41 Å². The summed E-state index contributed by atoms with van der Waals surface area (Å²) in [5.74, 6) is 2.99. The van der Waals surface area contributed by atoms with E-state index in [1.165, 1.54) is 0 Å². The first kappa shape index (κ1) is 16.6. The van der Waals surface area contributed by atoms with Gasteiger partial charge in [0.15, 0.2) is 5.82 Å². The predicted molar refractivity (Wildman–Crippen MR) is 95.4 cm³/mol. The molecule has 1 saturated heterocycles. The van der Waals surface area contributed by atoms with E-state index in [0.29, 0.717) is 11.7 Å². The third kappa shape index (κ3) is 2.97. The molecule has 2 atom stereocenters. The highest BCUT2D eigenvalue weighted by molar-refractivity contribution is 5.35. The molecule has 136 valence electrons. The number of nitrogens with zero attached hydrogens (tertiary/aromatic N) is 4. The van der Waals surface area contributed by atoms with Crippen LogP contribution in [0.2, 0.25) is 0 Å². The fourth-order valence-electron chi connectivity index (χ4n) is 4.72. The minimum Gasteiger partial charge on any atom is -0.469 e. The SMILES string of the molecule is Cn1c(N2CCC(c3ccco3)C2)nnc1C1(O)CCCC(C)(C)C1. The summed E-state index contributed by atoms with van der Waals surface area (Å²) in [5.41, 5.74) is -0.737. The summed E-state index contributed by atoms with van der Waals surface area (Å²) in [6, 6.07) is 3.99. The van der Waals surface area contributed by atoms with E-state index in [0.717, 1.165) is 56.9 Å². The molecule has 2 aliphatic rings. The van der Waals surface area contributed by atoms with Crippen molar-refractivity contribution in [2.24, 2.45) is 12.5 Å². The molecule has 6 heteroatoms. The second-order valence-corrected chi connectivity index (χ2v) is 8.56. The van der Waals surface area contributed by atoms with E-state index in [9.17, 15) is 5.11 Å². The van der Waals surface area contributed by atoms with Gasteiger partial charge in [-0.15, -0.1) is 10.2 Å². The maximum absolute atomic E-state index is 11.3. The molecule has 1 N–H and O–H groups in total. The Morgan fingerprint density at radius 1 is 1.28 bits per heavy atom. The van der Waals surface area contributed by atoms with Gasteiger partial charge in [-0.2, -0.15) is 0 Å². The second kappa shape index (κ2) is 5.87. The molecular formula is C19H28N4O2. The molecule has 4 rings (SSSR count). The standard InChI is InChI=1S/C19H28N4O2/c1-18(2)8-5-9-19(24,13-18)16-20-21-17(22(16)3)23-10-7-14(12-23)15-6-4-11-25-15/h4,6,11,14,24H,5,7-10,12-13H2,1-3H3. The second-order valence-electron chi connectivity index (χ2n) is 8.56. The smallest absolute Gasteiger partial charge is 0.227 e. The van der Waals surface area contributed by atoms with Crippen LogP contribution in [0.25, 0.3) is 0 Å². The Bertz CT molecular complexity index is 737. The van der Waals surface area contributed by atoms with Gasteiger partial charge in [0, 0.05) is 26.1 Å². The summed E-state index contributed by atoms with van der Waals surface area (Å²) in [7, 11) is 1.98. The first-order chi connectivity index (χ1) is 11.9. The van der Waals surface area contributed by atoms with Crippen LogP contribution >= 0.6 is 0 Å². The van der Waals surface area contributed by atoms with Crippen molar-refractivity contribution < 1.29 is 9.52 Å². The average Bonchev–Trinajstić information content (AvgIpc) is 3.25. The van der Waals surface area contributed by atoms with Crippen LogP contribution in [0.5, 0.6) is 0 Å². The average molecular weight is 344 g/mol. The van der Waals surface area contributed by atoms with Gasteiger partial charge in [0.25, 0.3) is 0 Å². The quantitative estimate of drug-likeness (QED) is 0.926. The highest BCUT2D eigenvalue weighted by Gasteiger charge is 2.43. The van der Waals surface area contributed by atoms with Crippen molar-refractivity contribution >= 4 is 5.95 Å². The summed E-state index contributed by atoms with van der Waals surface area (Å²) in [6.07, 6.45) is 6.46. The molecule has 0 spiro atoms. The Morgan fingerprint density at radius 3 is 2.84 bits per heavy atom. The van der Waals surface area contributed by atoms with E-state index >= 15 is 0 Å². The summed E-state index contributed by atoms with van der Waals surface area (Å²) >= 11 is 0. The summed E-state index contributed by atoms with van der Waals surface area (Å²) < 4.78 is 7.55. The van der Waals surface area contributed by atoms with Crippen molar-refractivity contribution in [3.05, 3.63) is 30.0 Å². The van der Waals surface area contributed by atoms with Gasteiger partial charge in [0.2, 0.25) is 5.95 Å². The number of furan rings is 1. The molecule has 25 heavy (non-hydrogen) atoms. The van der Waals surface area contributed by atoms with Gasteiger partial charge >= 0.3 is 0 Å². The van der Waals surface area contributed by atoms with E-state index in [1.807, 2.05) is 23.7 Å². The zero-order valence-electron chi connectivity index (χ0n) is 15.4. The normalized spacial score (nSPS) is 29.3. The van der Waals surface area contributed by atoms with Gasteiger partial charge in [-0.1, -0.05) is 13.8 Å². The first-order valence-corrected chi connectivity index (χ1v) is 9.29. The van der Waals surface area contributed by atoms with Crippen molar-refractivity contribution in [1.82, 2.24) is 14.8 Å². The van der Waals surface area contributed by atoms with Crippen LogP contribution in [0.15, 0.2) is 22.8 Å². The largest absolute Gasteiger partial charge is 0.469 e. The van der Waals surface area contributed by atoms with E-state index < -0.39 is 5.60 Å². The Morgan fingerprint density at radius 2 is 2.12 bits per heavy atom. The molecule has 0 radical (unpaired) electrons. The molecule has 2 fully saturated rings. The maximum Gasteiger partial charge on any atom is 0.227 e. The molecule has 0 aromatic carbocycles. The number of hydrogen-bond donors (Lipinski definition) is 1. The molecule has 2 aromatic heterocycles. The van der Waals surface area contributed by atoms with Crippen molar-refractivity contribution in [2.45, 2.75) is 57.5 Å². The van der Waals surface area contributed by atoms with Gasteiger partial charge in [-0.05, 0) is 49.7 Å². The number of rotatable bonds is 3. The molecule has 6 nitrogen and oxygen atoms in total. The van der Waals surface area contributed by atoms with Crippen LogP contribution in [0.1, 0.15) is 63.5 Å². The number of anilines is 1. The third-order valence-corrected chi connectivity index (χ3v) is 5.90. The Hall–Kier alpha value is -1.82. The highest BCUT2D eigenvalue weighted by atomic mass is 16.3. The summed E-state index contributed by atoms with van der Waals surface area (Å²) in [4.78, 5) is 2.25. The molecule has 1 aliphatic heterocycles. The maximum atomic E-state index is 11.3. The van der Waals surface area contributed by atoms with Gasteiger partial charge in [0.1, 0.15) is 11.4 Å². The lowest BCUT2D eigenvalue weighted by molar-refractivity contribution is -0.0529. The molecule has 2 aromatic rings. The highest BCUT2D eigenvalue weighted by Crippen LogP contribution is 2.46. The topological polar surface area (TPSA) is 67.3 Å². The van der Waals surface area contributed by atoms with Crippen molar-refractivity contribution in [3.8, 4) is 0 Å². The molecule has 2 unspecified atom stereocenters. The third-order valence-electron chi connectivity index (χ3n) is 5.90. The molecule has 0 bridgehead atoms. The zero-order valence-corrected chi connectivity index (χ0v) is 15.4. The summed E-state index contributed by atoms with van der Waals surface area (Å²) in [6.45, 7) is 6.26. The van der Waals surface area contributed by atoms with Gasteiger partial charge in [-0.25, -0.2) is 0 Å². The van der Waals surface area contributed by atoms with Gasteiger partial charge < -0.3 is 14.4 Å². The Labute approximate surface area is 148 Å². The van der Waals surface area contributed by atoms with Crippen LogP contribution in [-0.4, -0.2) is 33.0 Å². The van der Waals surface area contributed by atoms with Crippen LogP contribution < -0.4 is 4.90 Å². The van der Waals surface area contributed by atoms with E-state index in [1.54, 1.807) is 6.26 Å². The fraction of sp³-hybridized carbons (Fsp3) is 0.684. The Balaban J connectivity index is 1.56. The molecule has 1 saturated carbocycles. The van der Waals surface area contributed by atoms with Crippen molar-refractivity contribution in [3.63, 3.8) is 0 Å². The minimum absolute atomic E-state index is 0.136. The van der Waals surface area contributed by atoms with E-state index in [2.05, 4.69) is 28.9 Å². The van der Waals surface area contributed by atoms with Crippen molar-refractivity contribution in [2.75, 3.05) is 18.0 Å². The zero-order chi connectivity index (χ0) is 17.7. The lowest BCUT2D eigenvalue weighted by Crippen LogP contribution is -2.39. The van der Waals surface area contributed by atoms with Crippen molar-refractivity contribution in [1.29, 1.82) is 0 Å². The van der Waals surface area contributed by atoms with Gasteiger partial charge in [-0.3, -0.25) is 4.57 Å². The fourth-order valence-corrected chi connectivity index (χ4v) is 4.72. The van der Waals surface area contributed by atoms with Crippen LogP contribution in [0.4, 0.5) is 5.95 Å². The van der Waals surface area contributed by atoms with Gasteiger partial charge in [0.05, 0.1) is 6.26 Å². The predicted octanol–water partition coefficient (Wildman–Crippen LogP) is 3.19. The number of aromatic nitrogens is 3.